The van der Waals surface area contributed by atoms with E-state index in [1.165, 1.54) is 11.8 Å². The predicted molar refractivity (Wildman–Crippen MR) is 116 cm³/mol. The summed E-state index contributed by atoms with van der Waals surface area (Å²) in [6.07, 6.45) is 4.85. The van der Waals surface area contributed by atoms with Crippen molar-refractivity contribution in [2.24, 2.45) is 0 Å². The van der Waals surface area contributed by atoms with Crippen molar-refractivity contribution in [3.05, 3.63) is 77.7 Å². The van der Waals surface area contributed by atoms with Gasteiger partial charge in [0.25, 0.3) is 0 Å². The number of rotatable bonds is 6. The van der Waals surface area contributed by atoms with Gasteiger partial charge in [-0.2, -0.15) is 0 Å². The summed E-state index contributed by atoms with van der Waals surface area (Å²) < 4.78 is 2.78. The third-order valence-corrected chi connectivity index (χ3v) is 5.30. The highest BCUT2D eigenvalue weighted by Gasteiger charge is 2.18. The second-order valence-corrected chi connectivity index (χ2v) is 7.77. The van der Waals surface area contributed by atoms with Gasteiger partial charge in [0.05, 0.1) is 11.9 Å². The molecule has 9 heteroatoms. The molecule has 2 aromatic carbocycles. The normalized spacial score (nSPS) is 10.7. The molecule has 144 valence electrons. The first-order chi connectivity index (χ1) is 14.2. The number of amides is 1. The van der Waals surface area contributed by atoms with Crippen LogP contribution in [0, 0.1) is 0 Å². The van der Waals surface area contributed by atoms with Gasteiger partial charge in [-0.05, 0) is 30.3 Å². The van der Waals surface area contributed by atoms with Crippen molar-refractivity contribution < 1.29 is 4.79 Å². The molecular weight excluding hydrogens is 452 g/mol. The van der Waals surface area contributed by atoms with Gasteiger partial charge in [0.1, 0.15) is 5.69 Å². The molecule has 0 saturated heterocycles. The van der Waals surface area contributed by atoms with Gasteiger partial charge in [0, 0.05) is 28.2 Å². The Bertz CT molecular complexity index is 1120. The standard InChI is InChI=1S/C20H15BrN6OS/c21-14-5-4-6-15(11-14)24-18(28)13-29-20-26-25-19(17-12-22-9-10-23-17)27(20)16-7-2-1-3-8-16/h1-12H,13H2,(H,24,28). The Balaban J connectivity index is 1.57. The van der Waals surface area contributed by atoms with Gasteiger partial charge in [0.15, 0.2) is 11.0 Å². The Kier molecular flexibility index (Phi) is 5.97. The molecule has 4 rings (SSSR count). The number of nitrogens with one attached hydrogen (secondary N) is 1. The van der Waals surface area contributed by atoms with Crippen molar-refractivity contribution in [1.29, 1.82) is 0 Å². The molecule has 4 aromatic rings. The number of anilines is 1. The van der Waals surface area contributed by atoms with Crippen LogP contribution in [-0.4, -0.2) is 36.4 Å². The monoisotopic (exact) mass is 466 g/mol. The first kappa shape index (κ1) is 19.3. The van der Waals surface area contributed by atoms with Crippen LogP contribution in [0.15, 0.2) is 82.8 Å². The molecule has 2 aromatic heterocycles. The van der Waals surface area contributed by atoms with Gasteiger partial charge in [-0.25, -0.2) is 4.98 Å². The van der Waals surface area contributed by atoms with E-state index in [1.807, 2.05) is 59.2 Å². The van der Waals surface area contributed by atoms with E-state index in [1.54, 1.807) is 18.6 Å². The molecule has 0 spiro atoms. The van der Waals surface area contributed by atoms with Crippen LogP contribution in [0.2, 0.25) is 0 Å². The molecule has 0 unspecified atom stereocenters. The van der Waals surface area contributed by atoms with Gasteiger partial charge < -0.3 is 5.32 Å². The summed E-state index contributed by atoms with van der Waals surface area (Å²) in [7, 11) is 0. The zero-order chi connectivity index (χ0) is 20.1. The minimum absolute atomic E-state index is 0.128. The topological polar surface area (TPSA) is 85.6 Å². The predicted octanol–water partition coefficient (Wildman–Crippen LogP) is 4.22. The molecule has 29 heavy (non-hydrogen) atoms. The molecule has 7 nitrogen and oxygen atoms in total. The van der Waals surface area contributed by atoms with Gasteiger partial charge >= 0.3 is 0 Å². The smallest absolute Gasteiger partial charge is 0.234 e. The SMILES string of the molecule is O=C(CSc1nnc(-c2cnccn2)n1-c1ccccc1)Nc1cccc(Br)c1. The minimum Gasteiger partial charge on any atom is -0.325 e. The quantitative estimate of drug-likeness (QED) is 0.428. The van der Waals surface area contributed by atoms with Crippen LogP contribution >= 0.6 is 27.7 Å². The summed E-state index contributed by atoms with van der Waals surface area (Å²) >= 11 is 4.71. The lowest BCUT2D eigenvalue weighted by molar-refractivity contribution is -0.113. The van der Waals surface area contributed by atoms with Gasteiger partial charge in [0.2, 0.25) is 5.91 Å². The van der Waals surface area contributed by atoms with Crippen molar-refractivity contribution in [2.75, 3.05) is 11.1 Å². The van der Waals surface area contributed by atoms with E-state index < -0.39 is 0 Å². The number of hydrogen-bond acceptors (Lipinski definition) is 6. The summed E-state index contributed by atoms with van der Waals surface area (Å²) in [6, 6.07) is 17.2. The van der Waals surface area contributed by atoms with Gasteiger partial charge in [-0.3, -0.25) is 14.3 Å². The molecule has 2 heterocycles. The molecular formula is C20H15BrN6OS. The fraction of sp³-hybridized carbons (Fsp3) is 0.0500. The van der Waals surface area contributed by atoms with Crippen LogP contribution in [0.1, 0.15) is 0 Å². The van der Waals surface area contributed by atoms with Gasteiger partial charge in [-0.15, -0.1) is 10.2 Å². The Morgan fingerprint density at radius 2 is 1.93 bits per heavy atom. The van der Waals surface area contributed by atoms with E-state index in [-0.39, 0.29) is 11.7 Å². The number of aromatic nitrogens is 5. The number of carbonyl (C=O) groups excluding carboxylic acids is 1. The highest BCUT2D eigenvalue weighted by Crippen LogP contribution is 2.26. The molecule has 0 radical (unpaired) electrons. The maximum Gasteiger partial charge on any atom is 0.234 e. The Morgan fingerprint density at radius 1 is 1.07 bits per heavy atom. The third kappa shape index (κ3) is 4.69. The lowest BCUT2D eigenvalue weighted by Gasteiger charge is -2.10. The van der Waals surface area contributed by atoms with Crippen molar-refractivity contribution in [3.63, 3.8) is 0 Å². The Labute approximate surface area is 179 Å². The lowest BCUT2D eigenvalue weighted by Crippen LogP contribution is -2.14. The third-order valence-electron chi connectivity index (χ3n) is 3.88. The first-order valence-electron chi connectivity index (χ1n) is 8.66. The summed E-state index contributed by atoms with van der Waals surface area (Å²) in [4.78, 5) is 20.8. The number of carbonyl (C=O) groups is 1. The van der Waals surface area contributed by atoms with E-state index in [9.17, 15) is 4.79 Å². The minimum atomic E-state index is -0.128. The first-order valence-corrected chi connectivity index (χ1v) is 10.4. The number of benzene rings is 2. The second-order valence-electron chi connectivity index (χ2n) is 5.91. The maximum atomic E-state index is 12.4. The molecule has 0 bridgehead atoms. The van der Waals surface area contributed by atoms with Crippen LogP contribution in [0.4, 0.5) is 5.69 Å². The fourth-order valence-corrected chi connectivity index (χ4v) is 3.80. The maximum absolute atomic E-state index is 12.4. The number of nitrogens with zero attached hydrogens (tertiary/aromatic N) is 5. The van der Waals surface area contributed by atoms with Gasteiger partial charge in [-0.1, -0.05) is 52.0 Å². The van der Waals surface area contributed by atoms with Crippen LogP contribution in [0.3, 0.4) is 0 Å². The van der Waals surface area contributed by atoms with Crippen LogP contribution < -0.4 is 5.32 Å². The van der Waals surface area contributed by atoms with Crippen molar-refractivity contribution in [3.8, 4) is 17.2 Å². The second kappa shape index (κ2) is 8.97. The Morgan fingerprint density at radius 3 is 2.69 bits per heavy atom. The number of thioether (sulfide) groups is 1. The summed E-state index contributed by atoms with van der Waals surface area (Å²) in [6.45, 7) is 0. The highest BCUT2D eigenvalue weighted by molar-refractivity contribution is 9.10. The van der Waals surface area contributed by atoms with Crippen LogP contribution in [-0.2, 0) is 4.79 Å². The number of halogens is 1. The van der Waals surface area contributed by atoms with Crippen LogP contribution in [0.25, 0.3) is 17.2 Å². The highest BCUT2D eigenvalue weighted by atomic mass is 79.9. The van der Waals surface area contributed by atoms with Crippen molar-refractivity contribution in [1.82, 2.24) is 24.7 Å². The zero-order valence-corrected chi connectivity index (χ0v) is 17.5. The van der Waals surface area contributed by atoms with E-state index in [0.717, 1.165) is 15.8 Å². The van der Waals surface area contributed by atoms with E-state index in [0.29, 0.717) is 16.7 Å². The molecule has 0 aliphatic rings. The molecule has 1 amide bonds. The summed E-state index contributed by atoms with van der Waals surface area (Å²) in [5.74, 6) is 0.633. The molecule has 1 N–H and O–H groups in total. The summed E-state index contributed by atoms with van der Waals surface area (Å²) in [5.41, 5.74) is 2.22. The summed E-state index contributed by atoms with van der Waals surface area (Å²) in [5, 5.41) is 12.1. The molecule has 0 aliphatic carbocycles. The molecule has 0 aliphatic heterocycles. The largest absolute Gasteiger partial charge is 0.325 e. The number of para-hydroxylation sites is 1. The molecule has 0 atom stereocenters. The molecule has 0 fully saturated rings. The van der Waals surface area contributed by atoms with E-state index >= 15 is 0 Å². The van der Waals surface area contributed by atoms with Crippen molar-refractivity contribution in [2.45, 2.75) is 5.16 Å². The van der Waals surface area contributed by atoms with Crippen molar-refractivity contribution >= 4 is 39.3 Å². The molecule has 0 saturated carbocycles. The zero-order valence-electron chi connectivity index (χ0n) is 15.1. The van der Waals surface area contributed by atoms with Crippen LogP contribution in [0.5, 0.6) is 0 Å². The average molecular weight is 467 g/mol. The lowest BCUT2D eigenvalue weighted by atomic mass is 10.3. The Hall–Kier alpha value is -3.04. The van der Waals surface area contributed by atoms with E-state index in [4.69, 9.17) is 0 Å². The average Bonchev–Trinajstić information content (AvgIpc) is 3.17. The fourth-order valence-electron chi connectivity index (χ4n) is 2.65. The number of hydrogen-bond donors (Lipinski definition) is 1. The van der Waals surface area contributed by atoms with E-state index in [2.05, 4.69) is 41.4 Å².